The first kappa shape index (κ1) is 13.7. The molecule has 1 saturated carbocycles. The van der Waals surface area contributed by atoms with Gasteiger partial charge in [-0.25, -0.2) is 4.79 Å². The summed E-state index contributed by atoms with van der Waals surface area (Å²) in [6.45, 7) is 9.35. The van der Waals surface area contributed by atoms with E-state index in [9.17, 15) is 9.90 Å². The summed E-state index contributed by atoms with van der Waals surface area (Å²) in [5.41, 5.74) is -0.175. The Balaban J connectivity index is 1.85. The van der Waals surface area contributed by atoms with Crippen LogP contribution in [0.3, 0.4) is 0 Å². The molecule has 1 saturated heterocycles. The number of aliphatic hydroxyl groups is 1. The Morgan fingerprint density at radius 1 is 1.39 bits per heavy atom. The zero-order valence-electron chi connectivity index (χ0n) is 11.9. The third kappa shape index (κ3) is 2.79. The zero-order valence-corrected chi connectivity index (χ0v) is 11.9. The Bertz CT molecular complexity index is 328. The predicted molar refractivity (Wildman–Crippen MR) is 69.3 cm³/mol. The number of amides is 1. The SMILES string of the molecule is C[C@H]1CC2(CC[C@@H]1O)CN(C(=O)OC(C)(C)C)C2. The maximum atomic E-state index is 11.9. The number of carbonyl (C=O) groups excluding carboxylic acids is 1. The van der Waals surface area contributed by atoms with Gasteiger partial charge in [0.05, 0.1) is 6.10 Å². The molecule has 2 atom stereocenters. The van der Waals surface area contributed by atoms with E-state index >= 15 is 0 Å². The lowest BCUT2D eigenvalue weighted by Gasteiger charge is -2.54. The van der Waals surface area contributed by atoms with Gasteiger partial charge in [-0.2, -0.15) is 0 Å². The molecule has 2 fully saturated rings. The number of hydrogen-bond acceptors (Lipinski definition) is 3. The molecular weight excluding hydrogens is 230 g/mol. The molecule has 1 spiro atoms. The lowest BCUT2D eigenvalue weighted by molar-refractivity contribution is -0.0800. The molecule has 2 rings (SSSR count). The average Bonchev–Trinajstić information content (AvgIpc) is 2.16. The van der Waals surface area contributed by atoms with E-state index in [0.29, 0.717) is 5.92 Å². The summed E-state index contributed by atoms with van der Waals surface area (Å²) in [6, 6.07) is 0. The van der Waals surface area contributed by atoms with E-state index in [1.165, 1.54) is 0 Å². The lowest BCUT2D eigenvalue weighted by Crippen LogP contribution is -2.61. The fourth-order valence-electron chi connectivity index (χ4n) is 3.17. The van der Waals surface area contributed by atoms with Gasteiger partial charge in [0, 0.05) is 18.5 Å². The minimum Gasteiger partial charge on any atom is -0.444 e. The number of ether oxygens (including phenoxy) is 1. The second-order valence-corrected chi connectivity index (χ2v) is 7.12. The monoisotopic (exact) mass is 255 g/mol. The molecule has 0 bridgehead atoms. The van der Waals surface area contributed by atoms with Crippen LogP contribution in [-0.4, -0.2) is 40.9 Å². The molecule has 0 aromatic rings. The summed E-state index contributed by atoms with van der Waals surface area (Å²) in [5, 5.41) is 9.75. The van der Waals surface area contributed by atoms with Crippen LogP contribution in [-0.2, 0) is 4.74 Å². The molecule has 4 nitrogen and oxygen atoms in total. The smallest absolute Gasteiger partial charge is 0.410 e. The number of carbonyl (C=O) groups is 1. The molecular formula is C14H25NO3. The lowest BCUT2D eigenvalue weighted by atomic mass is 9.64. The largest absolute Gasteiger partial charge is 0.444 e. The van der Waals surface area contributed by atoms with Gasteiger partial charge in [0.2, 0.25) is 0 Å². The van der Waals surface area contributed by atoms with Crippen LogP contribution in [0.25, 0.3) is 0 Å². The van der Waals surface area contributed by atoms with Crippen molar-refractivity contribution in [3.63, 3.8) is 0 Å². The van der Waals surface area contributed by atoms with Gasteiger partial charge in [0.1, 0.15) is 5.60 Å². The molecule has 0 radical (unpaired) electrons. The molecule has 0 aromatic carbocycles. The second kappa shape index (κ2) is 4.41. The average molecular weight is 255 g/mol. The van der Waals surface area contributed by atoms with E-state index in [4.69, 9.17) is 4.74 Å². The van der Waals surface area contributed by atoms with Crippen molar-refractivity contribution in [1.82, 2.24) is 4.90 Å². The minimum absolute atomic E-state index is 0.161. The molecule has 1 aliphatic heterocycles. The maximum absolute atomic E-state index is 11.9. The highest BCUT2D eigenvalue weighted by Crippen LogP contribution is 2.46. The Hall–Kier alpha value is -0.770. The van der Waals surface area contributed by atoms with Gasteiger partial charge in [-0.1, -0.05) is 6.92 Å². The summed E-state index contributed by atoms with van der Waals surface area (Å²) >= 11 is 0. The summed E-state index contributed by atoms with van der Waals surface area (Å²) in [6.07, 6.45) is 2.55. The normalized spacial score (nSPS) is 31.1. The molecule has 0 aromatic heterocycles. The van der Waals surface area contributed by atoms with E-state index in [1.807, 2.05) is 20.8 Å². The van der Waals surface area contributed by atoms with Gasteiger partial charge in [-0.3, -0.25) is 0 Å². The van der Waals surface area contributed by atoms with Crippen LogP contribution in [0.4, 0.5) is 4.79 Å². The quantitative estimate of drug-likeness (QED) is 0.723. The molecule has 1 amide bonds. The number of hydrogen-bond donors (Lipinski definition) is 1. The van der Waals surface area contributed by atoms with Crippen molar-refractivity contribution in [3.8, 4) is 0 Å². The van der Waals surface area contributed by atoms with Gasteiger partial charge >= 0.3 is 6.09 Å². The number of rotatable bonds is 0. The summed E-state index contributed by atoms with van der Waals surface area (Å²) in [4.78, 5) is 13.7. The second-order valence-electron chi connectivity index (χ2n) is 7.12. The first-order chi connectivity index (χ1) is 8.21. The van der Waals surface area contributed by atoms with Crippen LogP contribution in [0.5, 0.6) is 0 Å². The predicted octanol–water partition coefficient (Wildman–Crippen LogP) is 2.40. The molecule has 18 heavy (non-hydrogen) atoms. The van der Waals surface area contributed by atoms with Crippen molar-refractivity contribution in [2.75, 3.05) is 13.1 Å². The molecule has 1 aliphatic carbocycles. The number of nitrogens with zero attached hydrogens (tertiary/aromatic N) is 1. The third-order valence-electron chi connectivity index (χ3n) is 4.09. The van der Waals surface area contributed by atoms with Crippen molar-refractivity contribution < 1.29 is 14.6 Å². The Morgan fingerprint density at radius 2 is 2.00 bits per heavy atom. The van der Waals surface area contributed by atoms with Crippen LogP contribution in [0.1, 0.15) is 47.0 Å². The first-order valence-corrected chi connectivity index (χ1v) is 6.87. The van der Waals surface area contributed by atoms with Crippen molar-refractivity contribution in [2.45, 2.75) is 58.7 Å². The highest BCUT2D eigenvalue weighted by atomic mass is 16.6. The number of aliphatic hydroxyl groups excluding tert-OH is 1. The third-order valence-corrected chi connectivity index (χ3v) is 4.09. The molecule has 1 N–H and O–H groups in total. The molecule has 104 valence electrons. The summed E-state index contributed by atoms with van der Waals surface area (Å²) in [5.74, 6) is 0.347. The maximum Gasteiger partial charge on any atom is 0.410 e. The van der Waals surface area contributed by atoms with Gasteiger partial charge in [0.25, 0.3) is 0 Å². The van der Waals surface area contributed by atoms with E-state index in [1.54, 1.807) is 4.90 Å². The first-order valence-electron chi connectivity index (χ1n) is 6.87. The van der Waals surface area contributed by atoms with Gasteiger partial charge < -0.3 is 14.7 Å². The highest BCUT2D eigenvalue weighted by molar-refractivity contribution is 5.69. The van der Waals surface area contributed by atoms with E-state index in [-0.39, 0.29) is 17.6 Å². The topological polar surface area (TPSA) is 49.8 Å². The van der Waals surface area contributed by atoms with Crippen molar-refractivity contribution >= 4 is 6.09 Å². The van der Waals surface area contributed by atoms with Gasteiger partial charge in [0.15, 0.2) is 0 Å². The molecule has 0 unspecified atom stereocenters. The molecule has 2 aliphatic rings. The van der Waals surface area contributed by atoms with Crippen molar-refractivity contribution in [1.29, 1.82) is 0 Å². The van der Waals surface area contributed by atoms with E-state index < -0.39 is 5.60 Å². The fraction of sp³-hybridized carbons (Fsp3) is 0.929. The van der Waals surface area contributed by atoms with Crippen LogP contribution in [0, 0.1) is 11.3 Å². The van der Waals surface area contributed by atoms with Crippen molar-refractivity contribution in [3.05, 3.63) is 0 Å². The van der Waals surface area contributed by atoms with E-state index in [2.05, 4.69) is 6.92 Å². The van der Waals surface area contributed by atoms with Gasteiger partial charge in [-0.05, 0) is 46.0 Å². The minimum atomic E-state index is -0.421. The summed E-state index contributed by atoms with van der Waals surface area (Å²) in [7, 11) is 0. The molecule has 4 heteroatoms. The molecule has 1 heterocycles. The highest BCUT2D eigenvalue weighted by Gasteiger charge is 2.49. The van der Waals surface area contributed by atoms with Crippen LogP contribution < -0.4 is 0 Å². The standard InChI is InChI=1S/C14H25NO3/c1-10-7-14(6-5-11(10)16)8-15(9-14)12(17)18-13(2,3)4/h10-11,16H,5-9H2,1-4H3/t10-,11-/m0/s1. The number of likely N-dealkylation sites (tertiary alicyclic amines) is 1. The van der Waals surface area contributed by atoms with Crippen molar-refractivity contribution in [2.24, 2.45) is 11.3 Å². The fourth-order valence-corrected chi connectivity index (χ4v) is 3.17. The van der Waals surface area contributed by atoms with Crippen LogP contribution in [0.2, 0.25) is 0 Å². The Kier molecular flexibility index (Phi) is 3.34. The summed E-state index contributed by atoms with van der Waals surface area (Å²) < 4.78 is 5.36. The van der Waals surface area contributed by atoms with Crippen LogP contribution >= 0.6 is 0 Å². The van der Waals surface area contributed by atoms with Gasteiger partial charge in [-0.15, -0.1) is 0 Å². The Labute approximate surface area is 109 Å². The Morgan fingerprint density at radius 3 is 2.50 bits per heavy atom. The zero-order chi connectivity index (χ0) is 13.6. The van der Waals surface area contributed by atoms with Crippen LogP contribution in [0.15, 0.2) is 0 Å². The van der Waals surface area contributed by atoms with E-state index in [0.717, 1.165) is 32.4 Å².